The molecule has 0 bridgehead atoms. The van der Waals surface area contributed by atoms with Crippen molar-refractivity contribution in [2.75, 3.05) is 0 Å². The second kappa shape index (κ2) is 6.42. The first-order valence-corrected chi connectivity index (χ1v) is 7.75. The molecule has 23 heavy (non-hydrogen) atoms. The zero-order valence-corrected chi connectivity index (χ0v) is 13.6. The Balaban J connectivity index is 1.83. The van der Waals surface area contributed by atoms with Gasteiger partial charge in [0.2, 0.25) is 0 Å². The molecular weight excluding hydrogens is 314 g/mol. The second-order valence-electron chi connectivity index (χ2n) is 5.67. The summed E-state index contributed by atoms with van der Waals surface area (Å²) in [7, 11) is 0. The third-order valence-electron chi connectivity index (χ3n) is 3.49. The van der Waals surface area contributed by atoms with Crippen molar-refractivity contribution in [3.63, 3.8) is 0 Å². The zero-order valence-electron chi connectivity index (χ0n) is 12.9. The minimum absolute atomic E-state index is 0.180. The monoisotopic (exact) mass is 329 g/mol. The van der Waals surface area contributed by atoms with E-state index in [9.17, 15) is 4.79 Å². The lowest BCUT2D eigenvalue weighted by molar-refractivity contribution is -0.137. The van der Waals surface area contributed by atoms with Crippen molar-refractivity contribution in [1.82, 2.24) is 5.16 Å². The van der Waals surface area contributed by atoms with Crippen LogP contribution < -0.4 is 4.74 Å². The molecule has 3 rings (SSSR count). The molecule has 4 nitrogen and oxygen atoms in total. The molecule has 0 aliphatic heterocycles. The van der Waals surface area contributed by atoms with Gasteiger partial charge < -0.3 is 9.26 Å². The van der Waals surface area contributed by atoms with E-state index in [0.29, 0.717) is 22.8 Å². The van der Waals surface area contributed by atoms with Crippen molar-refractivity contribution < 1.29 is 14.1 Å². The number of fused-ring (bicyclic) bond motifs is 1. The van der Waals surface area contributed by atoms with Gasteiger partial charge in [-0.2, -0.15) is 0 Å². The van der Waals surface area contributed by atoms with Gasteiger partial charge in [-0.05, 0) is 29.8 Å². The predicted molar refractivity (Wildman–Crippen MR) is 88.7 cm³/mol. The maximum absolute atomic E-state index is 11.6. The Morgan fingerprint density at radius 1 is 1.22 bits per heavy atom. The molecule has 0 amide bonds. The van der Waals surface area contributed by atoms with Gasteiger partial charge in [-0.1, -0.05) is 42.7 Å². The first kappa shape index (κ1) is 15.6. The maximum atomic E-state index is 11.6. The summed E-state index contributed by atoms with van der Waals surface area (Å²) in [5, 5.41) is 5.73. The number of rotatable bonds is 4. The van der Waals surface area contributed by atoms with Gasteiger partial charge in [-0.25, -0.2) is 0 Å². The molecule has 0 saturated heterocycles. The fraction of sp³-hybridized carbons (Fsp3) is 0.222. The standard InChI is InChI=1S/C18H16ClNO3/c1-11(2)18(21)22-14-7-8-15-16(20-23-17(15)10-14)9-12-3-5-13(19)6-4-12/h3-8,10-11H,9H2,1-2H3. The summed E-state index contributed by atoms with van der Waals surface area (Å²) >= 11 is 5.89. The van der Waals surface area contributed by atoms with Crippen LogP contribution in [0.5, 0.6) is 5.75 Å². The highest BCUT2D eigenvalue weighted by molar-refractivity contribution is 6.30. The van der Waals surface area contributed by atoms with Crippen molar-refractivity contribution in [3.8, 4) is 5.75 Å². The molecule has 3 aromatic rings. The lowest BCUT2D eigenvalue weighted by atomic mass is 10.1. The fourth-order valence-electron chi connectivity index (χ4n) is 2.19. The Kier molecular flexibility index (Phi) is 4.35. The number of hydrogen-bond acceptors (Lipinski definition) is 4. The van der Waals surface area contributed by atoms with Gasteiger partial charge >= 0.3 is 5.97 Å². The van der Waals surface area contributed by atoms with Crippen LogP contribution in [0.4, 0.5) is 0 Å². The van der Waals surface area contributed by atoms with Crippen LogP contribution in [0.2, 0.25) is 5.02 Å². The molecular formula is C18H16ClNO3. The van der Waals surface area contributed by atoms with E-state index in [0.717, 1.165) is 16.6 Å². The molecule has 1 heterocycles. The highest BCUT2D eigenvalue weighted by atomic mass is 35.5. The van der Waals surface area contributed by atoms with Crippen LogP contribution in [0.1, 0.15) is 25.1 Å². The average Bonchev–Trinajstić information content (AvgIpc) is 2.92. The SMILES string of the molecule is CC(C)C(=O)Oc1ccc2c(Cc3ccc(Cl)cc3)noc2c1. The quantitative estimate of drug-likeness (QED) is 0.517. The Bertz CT molecular complexity index is 837. The summed E-state index contributed by atoms with van der Waals surface area (Å²) in [6.45, 7) is 3.58. The van der Waals surface area contributed by atoms with E-state index in [-0.39, 0.29) is 11.9 Å². The van der Waals surface area contributed by atoms with Gasteiger partial charge in [0.25, 0.3) is 0 Å². The van der Waals surface area contributed by atoms with E-state index in [1.54, 1.807) is 26.0 Å². The van der Waals surface area contributed by atoms with Crippen molar-refractivity contribution in [2.45, 2.75) is 20.3 Å². The normalized spacial score (nSPS) is 11.1. The van der Waals surface area contributed by atoms with E-state index < -0.39 is 0 Å². The lowest BCUT2D eigenvalue weighted by Gasteiger charge is -2.06. The van der Waals surface area contributed by atoms with Crippen LogP contribution in [0, 0.1) is 5.92 Å². The van der Waals surface area contributed by atoms with Gasteiger partial charge in [0.1, 0.15) is 5.75 Å². The number of carbonyl (C=O) groups is 1. The van der Waals surface area contributed by atoms with Crippen LogP contribution in [0.25, 0.3) is 11.0 Å². The molecule has 0 saturated carbocycles. The van der Waals surface area contributed by atoms with Crippen LogP contribution in [-0.4, -0.2) is 11.1 Å². The summed E-state index contributed by atoms with van der Waals surface area (Å²) in [5.41, 5.74) is 2.53. The number of halogens is 1. The third kappa shape index (κ3) is 3.54. The second-order valence-corrected chi connectivity index (χ2v) is 6.10. The average molecular weight is 330 g/mol. The smallest absolute Gasteiger partial charge is 0.313 e. The predicted octanol–water partition coefficient (Wildman–Crippen LogP) is 4.63. The fourth-order valence-corrected chi connectivity index (χ4v) is 2.32. The van der Waals surface area contributed by atoms with Crippen LogP contribution >= 0.6 is 11.6 Å². The molecule has 118 valence electrons. The number of benzene rings is 2. The third-order valence-corrected chi connectivity index (χ3v) is 3.74. The van der Waals surface area contributed by atoms with Crippen LogP contribution in [-0.2, 0) is 11.2 Å². The van der Waals surface area contributed by atoms with E-state index in [1.165, 1.54) is 0 Å². The summed E-state index contributed by atoms with van der Waals surface area (Å²) < 4.78 is 10.6. The minimum Gasteiger partial charge on any atom is -0.426 e. The van der Waals surface area contributed by atoms with Crippen molar-refractivity contribution in [2.24, 2.45) is 5.92 Å². The topological polar surface area (TPSA) is 52.3 Å². The Morgan fingerprint density at radius 2 is 1.96 bits per heavy atom. The first-order valence-electron chi connectivity index (χ1n) is 7.37. The van der Waals surface area contributed by atoms with Crippen molar-refractivity contribution >= 4 is 28.5 Å². The van der Waals surface area contributed by atoms with E-state index in [2.05, 4.69) is 5.16 Å². The molecule has 0 aliphatic rings. The van der Waals surface area contributed by atoms with Gasteiger partial charge in [-0.15, -0.1) is 0 Å². The maximum Gasteiger partial charge on any atom is 0.313 e. The molecule has 0 atom stereocenters. The van der Waals surface area contributed by atoms with Crippen molar-refractivity contribution in [1.29, 1.82) is 0 Å². The molecule has 0 N–H and O–H groups in total. The summed E-state index contributed by atoms with van der Waals surface area (Å²) in [6.07, 6.45) is 0.648. The number of esters is 1. The van der Waals surface area contributed by atoms with E-state index in [4.69, 9.17) is 20.9 Å². The molecule has 0 unspecified atom stereocenters. The number of nitrogens with zero attached hydrogens (tertiary/aromatic N) is 1. The van der Waals surface area contributed by atoms with Gasteiger partial charge in [0, 0.05) is 22.9 Å². The first-order chi connectivity index (χ1) is 11.0. The number of aromatic nitrogens is 1. The Hall–Kier alpha value is -2.33. The van der Waals surface area contributed by atoms with Gasteiger partial charge in [0.15, 0.2) is 5.58 Å². The highest BCUT2D eigenvalue weighted by Crippen LogP contribution is 2.26. The minimum atomic E-state index is -0.273. The molecule has 1 aromatic heterocycles. The molecule has 0 aliphatic carbocycles. The van der Waals surface area contributed by atoms with E-state index >= 15 is 0 Å². The molecule has 0 radical (unpaired) electrons. The Morgan fingerprint density at radius 3 is 2.65 bits per heavy atom. The summed E-state index contributed by atoms with van der Waals surface area (Å²) in [6, 6.07) is 12.9. The zero-order chi connectivity index (χ0) is 16.4. The van der Waals surface area contributed by atoms with Gasteiger partial charge in [-0.3, -0.25) is 4.79 Å². The number of hydrogen-bond donors (Lipinski definition) is 0. The van der Waals surface area contributed by atoms with E-state index in [1.807, 2.05) is 30.3 Å². The Labute approximate surface area is 139 Å². The summed E-state index contributed by atoms with van der Waals surface area (Å²) in [5.74, 6) is 0.0107. The summed E-state index contributed by atoms with van der Waals surface area (Å²) in [4.78, 5) is 11.6. The molecule has 2 aromatic carbocycles. The molecule has 5 heteroatoms. The van der Waals surface area contributed by atoms with Crippen LogP contribution in [0.3, 0.4) is 0 Å². The molecule has 0 spiro atoms. The number of ether oxygens (including phenoxy) is 1. The number of carbonyl (C=O) groups excluding carboxylic acids is 1. The van der Waals surface area contributed by atoms with Crippen molar-refractivity contribution in [3.05, 3.63) is 58.7 Å². The van der Waals surface area contributed by atoms with Crippen LogP contribution in [0.15, 0.2) is 47.0 Å². The largest absolute Gasteiger partial charge is 0.426 e. The van der Waals surface area contributed by atoms with Gasteiger partial charge in [0.05, 0.1) is 11.6 Å². The highest BCUT2D eigenvalue weighted by Gasteiger charge is 2.13. The molecule has 0 fully saturated rings. The lowest BCUT2D eigenvalue weighted by Crippen LogP contribution is -2.14.